The molecule has 1 unspecified atom stereocenters. The van der Waals surface area contributed by atoms with Crippen LogP contribution in [0.15, 0.2) is 18.7 Å². The van der Waals surface area contributed by atoms with Crippen LogP contribution in [-0.2, 0) is 11.3 Å². The standard InChI is InChI=1S/C11H18N4OS/c12-11(17)10-8-14(6-7-16-10)3-1-4-15-5-2-13-9-15/h2,5,9-10H,1,3-4,6-8H2,(H2,12,17). The molecule has 0 saturated carbocycles. The minimum atomic E-state index is -0.0769. The molecule has 1 aliphatic rings. The minimum absolute atomic E-state index is 0.0769. The average Bonchev–Trinajstić information content (AvgIpc) is 2.82. The van der Waals surface area contributed by atoms with E-state index in [1.807, 2.05) is 12.5 Å². The van der Waals surface area contributed by atoms with Crippen LogP contribution in [0.2, 0.25) is 0 Å². The Labute approximate surface area is 107 Å². The van der Waals surface area contributed by atoms with Gasteiger partial charge < -0.3 is 15.0 Å². The van der Waals surface area contributed by atoms with E-state index in [0.717, 1.165) is 32.6 Å². The van der Waals surface area contributed by atoms with Crippen LogP contribution in [0.25, 0.3) is 0 Å². The number of hydrogen-bond acceptors (Lipinski definition) is 4. The normalized spacial score (nSPS) is 21.5. The summed E-state index contributed by atoms with van der Waals surface area (Å²) in [5.41, 5.74) is 5.60. The van der Waals surface area contributed by atoms with Crippen molar-refractivity contribution in [2.45, 2.75) is 19.1 Å². The Hall–Kier alpha value is -0.980. The number of ether oxygens (including phenoxy) is 1. The van der Waals surface area contributed by atoms with Crippen molar-refractivity contribution in [2.24, 2.45) is 5.73 Å². The zero-order valence-electron chi connectivity index (χ0n) is 9.79. The van der Waals surface area contributed by atoms with Crippen LogP contribution in [0.1, 0.15) is 6.42 Å². The highest BCUT2D eigenvalue weighted by molar-refractivity contribution is 7.80. The Morgan fingerprint density at radius 2 is 2.41 bits per heavy atom. The lowest BCUT2D eigenvalue weighted by atomic mass is 10.2. The van der Waals surface area contributed by atoms with Gasteiger partial charge in [0.2, 0.25) is 0 Å². The summed E-state index contributed by atoms with van der Waals surface area (Å²) >= 11 is 4.96. The number of imidazole rings is 1. The van der Waals surface area contributed by atoms with Crippen molar-refractivity contribution in [3.05, 3.63) is 18.7 Å². The Morgan fingerprint density at radius 1 is 1.53 bits per heavy atom. The van der Waals surface area contributed by atoms with Crippen LogP contribution in [0.5, 0.6) is 0 Å². The molecule has 2 N–H and O–H groups in total. The van der Waals surface area contributed by atoms with E-state index in [1.165, 1.54) is 0 Å². The molecule has 5 nitrogen and oxygen atoms in total. The Bertz CT molecular complexity index is 354. The maximum atomic E-state index is 5.60. The van der Waals surface area contributed by atoms with Gasteiger partial charge >= 0.3 is 0 Å². The van der Waals surface area contributed by atoms with E-state index < -0.39 is 0 Å². The van der Waals surface area contributed by atoms with Crippen LogP contribution < -0.4 is 5.73 Å². The third-order valence-electron chi connectivity index (χ3n) is 2.92. The Balaban J connectivity index is 1.70. The smallest absolute Gasteiger partial charge is 0.120 e. The number of rotatable bonds is 5. The third-order valence-corrected chi connectivity index (χ3v) is 3.18. The molecule has 1 atom stereocenters. The quantitative estimate of drug-likeness (QED) is 0.764. The van der Waals surface area contributed by atoms with Gasteiger partial charge in [-0.1, -0.05) is 12.2 Å². The van der Waals surface area contributed by atoms with E-state index in [-0.39, 0.29) is 6.10 Å². The summed E-state index contributed by atoms with van der Waals surface area (Å²) in [6.45, 7) is 4.53. The van der Waals surface area contributed by atoms with Crippen LogP contribution in [-0.4, -0.2) is 51.8 Å². The second-order valence-corrected chi connectivity index (χ2v) is 4.69. The van der Waals surface area contributed by atoms with Crippen molar-refractivity contribution in [1.29, 1.82) is 0 Å². The summed E-state index contributed by atoms with van der Waals surface area (Å²) in [4.78, 5) is 6.83. The van der Waals surface area contributed by atoms with E-state index in [1.54, 1.807) is 6.20 Å². The third kappa shape index (κ3) is 3.76. The van der Waals surface area contributed by atoms with Crippen molar-refractivity contribution in [1.82, 2.24) is 14.5 Å². The average molecular weight is 254 g/mol. The van der Waals surface area contributed by atoms with Gasteiger partial charge in [0, 0.05) is 38.6 Å². The molecule has 0 amide bonds. The molecular formula is C11H18N4OS. The van der Waals surface area contributed by atoms with E-state index in [9.17, 15) is 0 Å². The summed E-state index contributed by atoms with van der Waals surface area (Å²) in [6, 6.07) is 0. The molecule has 1 aliphatic heterocycles. The lowest BCUT2D eigenvalue weighted by Crippen LogP contribution is -2.48. The zero-order valence-corrected chi connectivity index (χ0v) is 10.6. The van der Waals surface area contributed by atoms with Gasteiger partial charge in [-0.15, -0.1) is 0 Å². The van der Waals surface area contributed by atoms with Gasteiger partial charge in [0.15, 0.2) is 0 Å². The van der Waals surface area contributed by atoms with Gasteiger partial charge in [-0.2, -0.15) is 0 Å². The lowest BCUT2D eigenvalue weighted by Gasteiger charge is -2.32. The molecule has 17 heavy (non-hydrogen) atoms. The molecule has 1 saturated heterocycles. The highest BCUT2D eigenvalue weighted by Crippen LogP contribution is 2.06. The molecule has 94 valence electrons. The van der Waals surface area contributed by atoms with Gasteiger partial charge in [-0.25, -0.2) is 4.98 Å². The van der Waals surface area contributed by atoms with Crippen molar-refractivity contribution in [3.63, 3.8) is 0 Å². The number of nitrogens with two attached hydrogens (primary N) is 1. The van der Waals surface area contributed by atoms with Crippen molar-refractivity contribution < 1.29 is 4.74 Å². The molecule has 1 aromatic rings. The van der Waals surface area contributed by atoms with Crippen LogP contribution in [0, 0.1) is 0 Å². The number of aromatic nitrogens is 2. The van der Waals surface area contributed by atoms with Crippen LogP contribution in [0.4, 0.5) is 0 Å². The largest absolute Gasteiger partial charge is 0.391 e. The summed E-state index contributed by atoms with van der Waals surface area (Å²) in [7, 11) is 0. The summed E-state index contributed by atoms with van der Waals surface area (Å²) in [5.74, 6) is 0. The van der Waals surface area contributed by atoms with Crippen LogP contribution >= 0.6 is 12.2 Å². The molecule has 6 heteroatoms. The van der Waals surface area contributed by atoms with E-state index in [0.29, 0.717) is 11.6 Å². The van der Waals surface area contributed by atoms with Gasteiger partial charge in [0.1, 0.15) is 11.1 Å². The maximum absolute atomic E-state index is 5.60. The first kappa shape index (κ1) is 12.5. The highest BCUT2D eigenvalue weighted by atomic mass is 32.1. The first-order chi connectivity index (χ1) is 8.25. The second-order valence-electron chi connectivity index (χ2n) is 4.22. The predicted molar refractivity (Wildman–Crippen MR) is 69.8 cm³/mol. The molecule has 1 fully saturated rings. The van der Waals surface area contributed by atoms with Crippen LogP contribution in [0.3, 0.4) is 0 Å². The number of thiocarbonyl (C=S) groups is 1. The molecule has 0 bridgehead atoms. The summed E-state index contributed by atoms with van der Waals surface area (Å²) in [5, 5.41) is 0. The zero-order chi connectivity index (χ0) is 12.1. The fraction of sp³-hybridized carbons (Fsp3) is 0.636. The fourth-order valence-corrected chi connectivity index (χ4v) is 2.12. The number of nitrogens with zero attached hydrogens (tertiary/aromatic N) is 3. The monoisotopic (exact) mass is 254 g/mol. The van der Waals surface area contributed by atoms with E-state index in [2.05, 4.69) is 14.5 Å². The number of morpholine rings is 1. The molecule has 0 aliphatic carbocycles. The van der Waals surface area contributed by atoms with Gasteiger partial charge in [0.25, 0.3) is 0 Å². The van der Waals surface area contributed by atoms with Gasteiger partial charge in [-0.3, -0.25) is 4.90 Å². The fourth-order valence-electron chi connectivity index (χ4n) is 1.97. The number of aryl methyl sites for hydroxylation is 1. The van der Waals surface area contributed by atoms with E-state index >= 15 is 0 Å². The summed E-state index contributed by atoms with van der Waals surface area (Å²) < 4.78 is 7.59. The van der Waals surface area contributed by atoms with Crippen molar-refractivity contribution in [2.75, 3.05) is 26.2 Å². The van der Waals surface area contributed by atoms with Crippen molar-refractivity contribution in [3.8, 4) is 0 Å². The number of hydrogen-bond donors (Lipinski definition) is 1. The predicted octanol–water partition coefficient (Wildman–Crippen LogP) is 0.260. The minimum Gasteiger partial charge on any atom is -0.391 e. The molecule has 1 aromatic heterocycles. The second kappa shape index (κ2) is 6.09. The topological polar surface area (TPSA) is 56.3 Å². The lowest BCUT2D eigenvalue weighted by molar-refractivity contribution is 0.00652. The first-order valence-electron chi connectivity index (χ1n) is 5.85. The molecule has 0 aromatic carbocycles. The van der Waals surface area contributed by atoms with Gasteiger partial charge in [-0.05, 0) is 6.42 Å². The van der Waals surface area contributed by atoms with Crippen molar-refractivity contribution >= 4 is 17.2 Å². The Kier molecular flexibility index (Phi) is 4.47. The molecule has 2 rings (SSSR count). The first-order valence-corrected chi connectivity index (χ1v) is 6.25. The Morgan fingerprint density at radius 3 is 3.12 bits per heavy atom. The van der Waals surface area contributed by atoms with Gasteiger partial charge in [0.05, 0.1) is 12.9 Å². The SMILES string of the molecule is NC(=S)C1CN(CCCn2ccnc2)CCO1. The summed E-state index contributed by atoms with van der Waals surface area (Å²) in [6.07, 6.45) is 6.65. The maximum Gasteiger partial charge on any atom is 0.120 e. The molecule has 0 spiro atoms. The molecular weight excluding hydrogens is 236 g/mol. The van der Waals surface area contributed by atoms with E-state index in [4.69, 9.17) is 22.7 Å². The molecule has 2 heterocycles. The highest BCUT2D eigenvalue weighted by Gasteiger charge is 2.21. The molecule has 0 radical (unpaired) electrons.